The molecule has 6 atom stereocenters. The van der Waals surface area contributed by atoms with Crippen molar-refractivity contribution in [3.8, 4) is 17.6 Å². The molecular formula is C50H42N4O10S. The molecule has 0 aliphatic carbocycles. The van der Waals surface area contributed by atoms with E-state index in [1.165, 1.54) is 25.6 Å². The van der Waals surface area contributed by atoms with Crippen molar-refractivity contribution in [2.75, 3.05) is 38.1 Å². The number of nitrogens with one attached hydrogen (secondary N) is 2. The standard InChI is InChI=1S/C50H42N4O10S/c1-61-45(57)34(46(58)62-2)20-11-13-29-23-24-36-35(27-29)50(48(60)51-36)39(44(56)53-49-52-37-21-9-10-22-38(37)65-49)41-47(59)64-42(31-16-7-4-8-17-31)40(30-14-5-3-6-15-30)54(41)43(50)32-18-12-19-33(28-32)63-26-25-55/h3-10,12,14-19,21-24,27-28,34,39-43,55H,20,25-26H2,1-2H3,(H,51,60)(H,52,53,56)/t39-,40-,41-,42+,43+,50-/m1/s1. The Bertz CT molecular complexity index is 2830. The second-order valence-corrected chi connectivity index (χ2v) is 16.7. The predicted molar refractivity (Wildman–Crippen MR) is 239 cm³/mol. The summed E-state index contributed by atoms with van der Waals surface area (Å²) in [5.41, 5.74) is 1.97. The highest BCUT2D eigenvalue weighted by molar-refractivity contribution is 7.22. The molecule has 15 heteroatoms. The topological polar surface area (TPSA) is 183 Å². The molecule has 2 saturated heterocycles. The van der Waals surface area contributed by atoms with Crippen LogP contribution in [-0.4, -0.2) is 78.2 Å². The molecule has 4 heterocycles. The summed E-state index contributed by atoms with van der Waals surface area (Å²) in [6.07, 6.45) is -1.11. The van der Waals surface area contributed by atoms with Gasteiger partial charge in [0.25, 0.3) is 0 Å². The van der Waals surface area contributed by atoms with E-state index in [4.69, 9.17) is 23.9 Å². The number of hydrogen-bond donors (Lipinski definition) is 3. The van der Waals surface area contributed by atoms with Crippen molar-refractivity contribution >= 4 is 62.1 Å². The lowest BCUT2D eigenvalue weighted by molar-refractivity contribution is -0.178. The third-order valence-electron chi connectivity index (χ3n) is 12.2. The third-order valence-corrected chi connectivity index (χ3v) is 13.1. The number of anilines is 2. The van der Waals surface area contributed by atoms with Crippen LogP contribution in [-0.2, 0) is 43.6 Å². The maximum atomic E-state index is 15.6. The number of para-hydroxylation sites is 1. The molecule has 14 nitrogen and oxygen atoms in total. The summed E-state index contributed by atoms with van der Waals surface area (Å²) in [4.78, 5) is 78.0. The van der Waals surface area contributed by atoms with Crippen LogP contribution in [0.4, 0.5) is 10.8 Å². The van der Waals surface area contributed by atoms with Gasteiger partial charge in [0.05, 0.1) is 49.0 Å². The molecule has 0 bridgehead atoms. The molecule has 6 aromatic rings. The number of cyclic esters (lactones) is 1. The molecule has 2 amide bonds. The van der Waals surface area contributed by atoms with Gasteiger partial charge >= 0.3 is 17.9 Å². The van der Waals surface area contributed by atoms with Gasteiger partial charge in [-0.1, -0.05) is 108 Å². The minimum absolute atomic E-state index is 0.00793. The van der Waals surface area contributed by atoms with Crippen molar-refractivity contribution in [2.45, 2.75) is 36.1 Å². The van der Waals surface area contributed by atoms with Gasteiger partial charge in [-0.15, -0.1) is 0 Å². The van der Waals surface area contributed by atoms with Crippen LogP contribution in [0, 0.1) is 23.7 Å². The molecule has 5 aromatic carbocycles. The first-order chi connectivity index (χ1) is 31.7. The van der Waals surface area contributed by atoms with Gasteiger partial charge in [-0.2, -0.15) is 0 Å². The van der Waals surface area contributed by atoms with Crippen molar-refractivity contribution < 1.29 is 48.0 Å². The van der Waals surface area contributed by atoms with Gasteiger partial charge in [0.2, 0.25) is 11.8 Å². The molecule has 3 N–H and O–H groups in total. The summed E-state index contributed by atoms with van der Waals surface area (Å²) in [6.45, 7) is -0.258. The molecule has 9 rings (SSSR count). The van der Waals surface area contributed by atoms with Crippen LogP contribution in [0.15, 0.2) is 127 Å². The number of aliphatic hydroxyl groups is 1. The summed E-state index contributed by atoms with van der Waals surface area (Å²) >= 11 is 1.26. The fourth-order valence-electron chi connectivity index (χ4n) is 9.52. The normalized spacial score (nSPS) is 22.0. The van der Waals surface area contributed by atoms with Crippen LogP contribution >= 0.6 is 11.3 Å². The Morgan fingerprint density at radius 1 is 0.862 bits per heavy atom. The minimum atomic E-state index is -1.87. The van der Waals surface area contributed by atoms with E-state index >= 15 is 14.4 Å². The number of carbonyl (C=O) groups excluding carboxylic acids is 5. The molecule has 65 heavy (non-hydrogen) atoms. The van der Waals surface area contributed by atoms with Crippen LogP contribution in [0.25, 0.3) is 10.2 Å². The lowest BCUT2D eigenvalue weighted by atomic mass is 9.65. The van der Waals surface area contributed by atoms with E-state index in [1.54, 1.807) is 36.4 Å². The number of amides is 2. The number of nitrogens with zero attached hydrogens (tertiary/aromatic N) is 2. The lowest BCUT2D eigenvalue weighted by Gasteiger charge is -2.46. The number of esters is 3. The van der Waals surface area contributed by atoms with Crippen LogP contribution in [0.5, 0.6) is 5.75 Å². The maximum Gasteiger partial charge on any atom is 0.324 e. The number of fused-ring (bicyclic) bond motifs is 4. The van der Waals surface area contributed by atoms with E-state index in [9.17, 15) is 14.7 Å². The van der Waals surface area contributed by atoms with Crippen LogP contribution in [0.2, 0.25) is 0 Å². The van der Waals surface area contributed by atoms with Crippen molar-refractivity contribution in [1.82, 2.24) is 9.88 Å². The smallest absolute Gasteiger partial charge is 0.324 e. The number of aliphatic hydroxyl groups excluding tert-OH is 1. The molecule has 0 radical (unpaired) electrons. The van der Waals surface area contributed by atoms with Gasteiger partial charge in [0, 0.05) is 17.7 Å². The van der Waals surface area contributed by atoms with Crippen molar-refractivity contribution in [3.05, 3.63) is 155 Å². The van der Waals surface area contributed by atoms with Crippen molar-refractivity contribution in [2.24, 2.45) is 11.8 Å². The zero-order valence-corrected chi connectivity index (χ0v) is 36.0. The van der Waals surface area contributed by atoms with Gasteiger partial charge in [0.1, 0.15) is 29.9 Å². The number of benzene rings is 5. The molecule has 0 saturated carbocycles. The van der Waals surface area contributed by atoms with E-state index in [0.29, 0.717) is 39.2 Å². The average Bonchev–Trinajstić information content (AvgIpc) is 3.99. The highest BCUT2D eigenvalue weighted by Gasteiger charge is 2.74. The number of rotatable bonds is 11. The maximum absolute atomic E-state index is 15.6. The number of morpholine rings is 1. The molecular weight excluding hydrogens is 849 g/mol. The minimum Gasteiger partial charge on any atom is -0.491 e. The summed E-state index contributed by atoms with van der Waals surface area (Å²) in [6, 6.07) is 35.3. The Morgan fingerprint density at radius 2 is 1.55 bits per heavy atom. The Labute approximate surface area is 377 Å². The molecule has 328 valence electrons. The summed E-state index contributed by atoms with van der Waals surface area (Å²) in [7, 11) is 2.33. The predicted octanol–water partition coefficient (Wildman–Crippen LogP) is 6.28. The zero-order valence-electron chi connectivity index (χ0n) is 35.1. The van der Waals surface area contributed by atoms with Gasteiger partial charge in [0.15, 0.2) is 11.0 Å². The van der Waals surface area contributed by atoms with Gasteiger partial charge in [-0.05, 0) is 64.7 Å². The number of hydrogen-bond acceptors (Lipinski definition) is 13. The van der Waals surface area contributed by atoms with E-state index in [1.807, 2.05) is 95.9 Å². The van der Waals surface area contributed by atoms with E-state index in [0.717, 1.165) is 10.3 Å². The Balaban J connectivity index is 1.29. The van der Waals surface area contributed by atoms with Crippen molar-refractivity contribution in [3.63, 3.8) is 0 Å². The summed E-state index contributed by atoms with van der Waals surface area (Å²) < 4.78 is 22.9. The highest BCUT2D eigenvalue weighted by atomic mass is 32.1. The second kappa shape index (κ2) is 18.0. The van der Waals surface area contributed by atoms with E-state index in [-0.39, 0.29) is 24.8 Å². The van der Waals surface area contributed by atoms with Gasteiger partial charge in [-0.3, -0.25) is 28.9 Å². The van der Waals surface area contributed by atoms with E-state index in [2.05, 4.69) is 22.5 Å². The highest BCUT2D eigenvalue weighted by Crippen LogP contribution is 2.65. The number of thiazole rings is 1. The first-order valence-electron chi connectivity index (χ1n) is 20.9. The Hall–Kier alpha value is -7.38. The molecule has 3 aliphatic heterocycles. The SMILES string of the molecule is COC(=O)C(CC#Cc1ccc2c(c1)[C@]1(C(=O)N2)[C@H](c2cccc(OCCO)c2)N2[C@H](c3ccccc3)[C@H](c3ccccc3)OC(=O)[C@H]2[C@@H]1C(=O)Nc1nc2ccccc2s1)C(=O)OC. The number of ether oxygens (including phenoxy) is 4. The Kier molecular flexibility index (Phi) is 11.9. The Morgan fingerprint density at radius 3 is 2.26 bits per heavy atom. The number of carbonyl (C=O) groups is 5. The monoisotopic (exact) mass is 890 g/mol. The summed E-state index contributed by atoms with van der Waals surface area (Å²) in [5, 5.41) is 16.1. The molecule has 0 unspecified atom stereocenters. The largest absolute Gasteiger partial charge is 0.491 e. The van der Waals surface area contributed by atoms with E-state index < -0.39 is 71.2 Å². The number of aromatic nitrogens is 1. The van der Waals surface area contributed by atoms with Crippen LogP contribution < -0.4 is 15.4 Å². The lowest BCUT2D eigenvalue weighted by Crippen LogP contribution is -2.53. The first kappa shape index (κ1) is 42.9. The fourth-order valence-corrected chi connectivity index (χ4v) is 10.4. The third kappa shape index (κ3) is 7.65. The molecule has 1 aromatic heterocycles. The molecule has 3 aliphatic rings. The second-order valence-electron chi connectivity index (χ2n) is 15.7. The van der Waals surface area contributed by atoms with Crippen molar-refractivity contribution in [1.29, 1.82) is 0 Å². The van der Waals surface area contributed by atoms with Crippen LogP contribution in [0.1, 0.15) is 52.4 Å². The fraction of sp³-hybridized carbons (Fsp3) is 0.240. The quantitative estimate of drug-likeness (QED) is 0.0574. The number of methoxy groups -OCH3 is 2. The molecule has 2 fully saturated rings. The average molecular weight is 891 g/mol. The van der Waals surface area contributed by atoms with Crippen LogP contribution in [0.3, 0.4) is 0 Å². The first-order valence-corrected chi connectivity index (χ1v) is 21.7. The van der Waals surface area contributed by atoms with Gasteiger partial charge < -0.3 is 34.7 Å². The van der Waals surface area contributed by atoms with Gasteiger partial charge in [-0.25, -0.2) is 4.98 Å². The molecule has 1 spiro atoms. The summed E-state index contributed by atoms with van der Waals surface area (Å²) in [5.74, 6) is 0.0792. The zero-order chi connectivity index (χ0) is 45.2.